The minimum Gasteiger partial charge on any atom is -0.316 e. The summed E-state index contributed by atoms with van der Waals surface area (Å²) in [4.78, 5) is 0. The van der Waals surface area contributed by atoms with Gasteiger partial charge in [-0.2, -0.15) is 5.10 Å². The van der Waals surface area contributed by atoms with Crippen LogP contribution in [0.15, 0.2) is 6.20 Å². The molecule has 1 aromatic heterocycles. The van der Waals surface area contributed by atoms with Gasteiger partial charge in [0.15, 0.2) is 0 Å². The van der Waals surface area contributed by atoms with Crippen molar-refractivity contribution in [1.29, 1.82) is 0 Å². The average molecular weight is 249 g/mol. The highest BCUT2D eigenvalue weighted by Crippen LogP contribution is 2.64. The third kappa shape index (κ3) is 2.46. The molecule has 2 unspecified atom stereocenters. The van der Waals surface area contributed by atoms with Crippen molar-refractivity contribution in [2.24, 2.45) is 24.3 Å². The largest absolute Gasteiger partial charge is 0.316 e. The van der Waals surface area contributed by atoms with Gasteiger partial charge in [0.1, 0.15) is 0 Å². The van der Waals surface area contributed by atoms with Crippen molar-refractivity contribution in [2.45, 2.75) is 40.5 Å². The van der Waals surface area contributed by atoms with Crippen molar-refractivity contribution in [3.63, 3.8) is 0 Å². The minimum absolute atomic E-state index is 0.414. The van der Waals surface area contributed by atoms with Crippen LogP contribution in [-0.2, 0) is 7.05 Å². The van der Waals surface area contributed by atoms with E-state index in [1.807, 2.05) is 11.7 Å². The fourth-order valence-corrected chi connectivity index (χ4v) is 3.19. The van der Waals surface area contributed by atoms with Gasteiger partial charge in [-0.1, -0.05) is 27.7 Å². The van der Waals surface area contributed by atoms with Crippen molar-refractivity contribution in [3.05, 3.63) is 17.5 Å². The molecule has 1 aliphatic carbocycles. The summed E-state index contributed by atoms with van der Waals surface area (Å²) in [6, 6.07) is 0. The second-order valence-electron chi connectivity index (χ2n) is 6.80. The number of aryl methyl sites for hydroxylation is 2. The molecule has 18 heavy (non-hydrogen) atoms. The highest BCUT2D eigenvalue weighted by Gasteiger charge is 2.58. The minimum atomic E-state index is 0.414. The van der Waals surface area contributed by atoms with E-state index in [1.54, 1.807) is 0 Å². The van der Waals surface area contributed by atoms with E-state index in [1.165, 1.54) is 11.3 Å². The van der Waals surface area contributed by atoms with Crippen LogP contribution in [0.3, 0.4) is 0 Å². The Hall–Kier alpha value is -0.830. The lowest BCUT2D eigenvalue weighted by Gasteiger charge is -2.07. The SMILES string of the molecule is Cc1nn(C)cc1C1C(CNCC(C)C)C1(C)C. The Morgan fingerprint density at radius 3 is 2.61 bits per heavy atom. The summed E-state index contributed by atoms with van der Waals surface area (Å²) in [6.45, 7) is 13.6. The second kappa shape index (κ2) is 4.69. The van der Waals surface area contributed by atoms with Gasteiger partial charge in [0.25, 0.3) is 0 Å². The van der Waals surface area contributed by atoms with Gasteiger partial charge in [-0.3, -0.25) is 4.68 Å². The lowest BCUT2D eigenvalue weighted by molar-refractivity contribution is 0.487. The maximum absolute atomic E-state index is 4.48. The number of aromatic nitrogens is 2. The molecule has 0 spiro atoms. The molecule has 2 atom stereocenters. The molecule has 1 N–H and O–H groups in total. The summed E-state index contributed by atoms with van der Waals surface area (Å²) in [5.41, 5.74) is 3.05. The van der Waals surface area contributed by atoms with E-state index < -0.39 is 0 Å². The monoisotopic (exact) mass is 249 g/mol. The normalized spacial score (nSPS) is 25.7. The van der Waals surface area contributed by atoms with Gasteiger partial charge in [0.05, 0.1) is 5.69 Å². The van der Waals surface area contributed by atoms with E-state index in [9.17, 15) is 0 Å². The lowest BCUT2D eigenvalue weighted by Crippen LogP contribution is -2.23. The molecule has 0 amide bonds. The lowest BCUT2D eigenvalue weighted by atomic mass is 10.0. The summed E-state index contributed by atoms with van der Waals surface area (Å²) >= 11 is 0. The van der Waals surface area contributed by atoms with E-state index in [4.69, 9.17) is 0 Å². The quantitative estimate of drug-likeness (QED) is 0.869. The number of hydrogen-bond acceptors (Lipinski definition) is 2. The highest BCUT2D eigenvalue weighted by molar-refractivity contribution is 5.33. The summed E-state index contributed by atoms with van der Waals surface area (Å²) in [5, 5.41) is 8.08. The summed E-state index contributed by atoms with van der Waals surface area (Å²) in [7, 11) is 2.01. The molecule has 0 saturated heterocycles. The van der Waals surface area contributed by atoms with E-state index in [-0.39, 0.29) is 0 Å². The molecule has 102 valence electrons. The van der Waals surface area contributed by atoms with Gasteiger partial charge in [-0.15, -0.1) is 0 Å². The molecule has 0 aliphatic heterocycles. The molecule has 1 fully saturated rings. The number of nitrogens with one attached hydrogen (secondary N) is 1. The zero-order valence-corrected chi connectivity index (χ0v) is 12.6. The van der Waals surface area contributed by atoms with Crippen molar-refractivity contribution in [2.75, 3.05) is 13.1 Å². The molecule has 1 aromatic rings. The summed E-state index contributed by atoms with van der Waals surface area (Å²) < 4.78 is 1.94. The third-order valence-corrected chi connectivity index (χ3v) is 4.35. The van der Waals surface area contributed by atoms with Crippen LogP contribution in [0.2, 0.25) is 0 Å². The van der Waals surface area contributed by atoms with E-state index >= 15 is 0 Å². The Morgan fingerprint density at radius 2 is 2.11 bits per heavy atom. The molecule has 3 nitrogen and oxygen atoms in total. The molecule has 0 bridgehead atoms. The van der Waals surface area contributed by atoms with Crippen LogP contribution in [0.5, 0.6) is 0 Å². The van der Waals surface area contributed by atoms with Gasteiger partial charge in [-0.05, 0) is 48.7 Å². The second-order valence-corrected chi connectivity index (χ2v) is 6.80. The zero-order valence-electron chi connectivity index (χ0n) is 12.6. The van der Waals surface area contributed by atoms with E-state index in [0.717, 1.165) is 24.9 Å². The molecular formula is C15H27N3. The predicted molar refractivity (Wildman–Crippen MR) is 75.7 cm³/mol. The maximum Gasteiger partial charge on any atom is 0.0628 e. The highest BCUT2D eigenvalue weighted by atomic mass is 15.2. The zero-order chi connectivity index (χ0) is 13.5. The maximum atomic E-state index is 4.48. The van der Waals surface area contributed by atoms with Crippen LogP contribution in [0.25, 0.3) is 0 Å². The van der Waals surface area contributed by atoms with Crippen LogP contribution in [0, 0.1) is 24.2 Å². The standard InChI is InChI=1S/C15H27N3/c1-10(2)7-16-8-13-14(15(13,4)5)12-9-18(6)17-11(12)3/h9-10,13-14,16H,7-8H2,1-6H3. The number of nitrogens with zero attached hydrogens (tertiary/aromatic N) is 2. The first kappa shape index (κ1) is 13.6. The third-order valence-electron chi connectivity index (χ3n) is 4.35. The van der Waals surface area contributed by atoms with Crippen molar-refractivity contribution >= 4 is 0 Å². The van der Waals surface area contributed by atoms with Gasteiger partial charge >= 0.3 is 0 Å². The van der Waals surface area contributed by atoms with Crippen molar-refractivity contribution < 1.29 is 0 Å². The summed E-state index contributed by atoms with van der Waals surface area (Å²) in [6.07, 6.45) is 2.20. The Kier molecular flexibility index (Phi) is 3.54. The average Bonchev–Trinajstić information content (AvgIpc) is 2.58. The van der Waals surface area contributed by atoms with E-state index in [2.05, 4.69) is 51.2 Å². The number of hydrogen-bond donors (Lipinski definition) is 1. The molecule has 3 heteroatoms. The fourth-order valence-electron chi connectivity index (χ4n) is 3.19. The van der Waals surface area contributed by atoms with Crippen LogP contribution in [0.1, 0.15) is 44.9 Å². The number of rotatable bonds is 5. The molecular weight excluding hydrogens is 222 g/mol. The van der Waals surface area contributed by atoms with Crippen LogP contribution in [0.4, 0.5) is 0 Å². The van der Waals surface area contributed by atoms with Crippen LogP contribution in [-0.4, -0.2) is 22.9 Å². The van der Waals surface area contributed by atoms with Gasteiger partial charge in [0.2, 0.25) is 0 Å². The fraction of sp³-hybridized carbons (Fsp3) is 0.800. The first-order valence-corrected chi connectivity index (χ1v) is 7.05. The van der Waals surface area contributed by atoms with Crippen LogP contribution < -0.4 is 5.32 Å². The molecule has 2 rings (SSSR count). The Balaban J connectivity index is 2.00. The Labute approximate surface area is 111 Å². The molecule has 1 aliphatic rings. The van der Waals surface area contributed by atoms with Crippen LogP contribution >= 0.6 is 0 Å². The van der Waals surface area contributed by atoms with Gasteiger partial charge in [0, 0.05) is 13.2 Å². The first-order chi connectivity index (χ1) is 8.34. The Morgan fingerprint density at radius 1 is 1.44 bits per heavy atom. The Bertz CT molecular complexity index is 417. The van der Waals surface area contributed by atoms with E-state index in [0.29, 0.717) is 11.3 Å². The van der Waals surface area contributed by atoms with Crippen molar-refractivity contribution in [1.82, 2.24) is 15.1 Å². The van der Waals surface area contributed by atoms with Gasteiger partial charge < -0.3 is 5.32 Å². The van der Waals surface area contributed by atoms with Gasteiger partial charge in [-0.25, -0.2) is 0 Å². The first-order valence-electron chi connectivity index (χ1n) is 7.05. The predicted octanol–water partition coefficient (Wildman–Crippen LogP) is 2.71. The van der Waals surface area contributed by atoms with Crippen molar-refractivity contribution in [3.8, 4) is 0 Å². The molecule has 0 aromatic carbocycles. The molecule has 1 saturated carbocycles. The smallest absolute Gasteiger partial charge is 0.0628 e. The topological polar surface area (TPSA) is 29.9 Å². The summed E-state index contributed by atoms with van der Waals surface area (Å²) in [5.74, 6) is 2.15. The molecule has 1 heterocycles. The molecule has 0 radical (unpaired) electrons.